The lowest BCUT2D eigenvalue weighted by molar-refractivity contribution is 0.600. The van der Waals surface area contributed by atoms with Crippen LogP contribution in [0.1, 0.15) is 28.6 Å². The number of halogens is 1. The third-order valence-electron chi connectivity index (χ3n) is 3.24. The van der Waals surface area contributed by atoms with Gasteiger partial charge >= 0.3 is 0 Å². The van der Waals surface area contributed by atoms with E-state index in [9.17, 15) is 8.42 Å². The third-order valence-corrected chi connectivity index (χ3v) is 6.95. The van der Waals surface area contributed by atoms with Gasteiger partial charge in [0.05, 0.1) is 11.6 Å². The maximum Gasteiger partial charge on any atom is 0.247 e. The molecule has 0 saturated carbocycles. The molecule has 0 aliphatic rings. The summed E-state index contributed by atoms with van der Waals surface area (Å²) in [6.45, 7) is 5.99. The molecule has 0 aliphatic carbocycles. The number of rotatable bonds is 8. The van der Waals surface area contributed by atoms with Crippen LogP contribution in [0.5, 0.6) is 0 Å². The minimum atomic E-state index is -3.64. The van der Waals surface area contributed by atoms with E-state index in [2.05, 4.69) is 27.5 Å². The molecule has 0 saturated heterocycles. The van der Waals surface area contributed by atoms with Crippen LogP contribution in [-0.4, -0.2) is 32.5 Å². The Morgan fingerprint density at radius 3 is 2.58 bits per heavy atom. The number of sulfonamides is 1. The van der Waals surface area contributed by atoms with E-state index in [1.807, 2.05) is 13.1 Å². The van der Waals surface area contributed by atoms with Crippen molar-refractivity contribution in [2.24, 2.45) is 10.1 Å². The number of thiazole rings is 1. The molecule has 146 valence electrons. The van der Waals surface area contributed by atoms with Crippen molar-refractivity contribution in [1.29, 1.82) is 0 Å². The molecule has 4 N–H and O–H groups in total. The first-order valence-electron chi connectivity index (χ1n) is 7.99. The predicted octanol–water partition coefficient (Wildman–Crippen LogP) is 2.33. The van der Waals surface area contributed by atoms with Crippen LogP contribution >= 0.6 is 46.7 Å². The fourth-order valence-corrected chi connectivity index (χ4v) is 4.57. The molecule has 0 bridgehead atoms. The summed E-state index contributed by atoms with van der Waals surface area (Å²) in [7, 11) is -3.64. The maximum atomic E-state index is 11.3. The zero-order valence-corrected chi connectivity index (χ0v) is 19.5. The quantitative estimate of drug-likeness (QED) is 0.276. The van der Waals surface area contributed by atoms with Gasteiger partial charge in [-0.05, 0) is 25.5 Å². The molecule has 0 unspecified atom stereocenters. The monoisotopic (exact) mass is 529 g/mol. The molecule has 0 aliphatic heterocycles. The average Bonchev–Trinajstić information content (AvgIpc) is 3.21. The van der Waals surface area contributed by atoms with Gasteiger partial charge in [0.2, 0.25) is 10.0 Å². The first kappa shape index (κ1) is 23.3. The minimum Gasteiger partial charge on any atom is -0.357 e. The normalized spacial score (nSPS) is 11.9. The number of nitrogens with one attached hydrogen (secondary N) is 2. The summed E-state index contributed by atoms with van der Waals surface area (Å²) in [5, 5.41) is 12.7. The van der Waals surface area contributed by atoms with Gasteiger partial charge in [0, 0.05) is 35.5 Å². The highest BCUT2D eigenvalue weighted by atomic mass is 127. The number of nitrogens with two attached hydrogens (primary N) is 1. The van der Waals surface area contributed by atoms with Crippen molar-refractivity contribution in [3.63, 3.8) is 0 Å². The SMILES string of the molecule is CCNC(=NCc1ccc(S(N)(=O)=O)s1)NCCc1ncc(CC)s1.I. The Hall–Kier alpha value is -0.760. The molecule has 0 spiro atoms. The number of aryl methyl sites for hydroxylation is 1. The lowest BCUT2D eigenvalue weighted by Gasteiger charge is -2.10. The van der Waals surface area contributed by atoms with E-state index < -0.39 is 10.0 Å². The van der Waals surface area contributed by atoms with Gasteiger partial charge in [-0.25, -0.2) is 23.5 Å². The number of hydrogen-bond donors (Lipinski definition) is 3. The van der Waals surface area contributed by atoms with Gasteiger partial charge in [-0.15, -0.1) is 46.7 Å². The molecule has 7 nitrogen and oxygen atoms in total. The molecule has 11 heteroatoms. The zero-order chi connectivity index (χ0) is 18.3. The van der Waals surface area contributed by atoms with E-state index in [1.54, 1.807) is 17.4 Å². The lowest BCUT2D eigenvalue weighted by Crippen LogP contribution is -2.38. The molecule has 2 aromatic rings. The van der Waals surface area contributed by atoms with Gasteiger partial charge in [0.15, 0.2) is 5.96 Å². The second-order valence-corrected chi connectivity index (χ2v) is 9.37. The van der Waals surface area contributed by atoms with Gasteiger partial charge in [-0.1, -0.05) is 6.92 Å². The Morgan fingerprint density at radius 2 is 2.00 bits per heavy atom. The summed E-state index contributed by atoms with van der Waals surface area (Å²) in [6, 6.07) is 3.25. The first-order valence-corrected chi connectivity index (χ1v) is 11.2. The van der Waals surface area contributed by atoms with Crippen molar-refractivity contribution in [3.8, 4) is 0 Å². The Bertz CT molecular complexity index is 817. The van der Waals surface area contributed by atoms with Crippen LogP contribution in [0, 0.1) is 0 Å². The van der Waals surface area contributed by atoms with Crippen LogP contribution in [0.25, 0.3) is 0 Å². The summed E-state index contributed by atoms with van der Waals surface area (Å²) >= 11 is 2.88. The largest absolute Gasteiger partial charge is 0.357 e. The smallest absolute Gasteiger partial charge is 0.247 e. The standard InChI is InChI=1S/C15H23N5O2S3.HI/c1-3-11-9-19-13(23-11)7-8-18-15(17-4-2)20-10-12-5-6-14(24-12)25(16,21)22;/h5-6,9H,3-4,7-8,10H2,1-2H3,(H2,16,21,22)(H2,17,18,20);1H. The van der Waals surface area contributed by atoms with Gasteiger partial charge in [-0.3, -0.25) is 0 Å². The molecule has 2 heterocycles. The highest BCUT2D eigenvalue weighted by Gasteiger charge is 2.11. The van der Waals surface area contributed by atoms with Crippen molar-refractivity contribution in [1.82, 2.24) is 15.6 Å². The summed E-state index contributed by atoms with van der Waals surface area (Å²) in [5.74, 6) is 0.695. The number of hydrogen-bond acceptors (Lipinski definition) is 6. The van der Waals surface area contributed by atoms with E-state index in [0.717, 1.165) is 47.2 Å². The Kier molecular flexibility index (Phi) is 10.00. The van der Waals surface area contributed by atoms with Gasteiger partial charge < -0.3 is 10.6 Å². The van der Waals surface area contributed by atoms with E-state index in [1.165, 1.54) is 10.9 Å². The fourth-order valence-electron chi connectivity index (χ4n) is 2.01. The van der Waals surface area contributed by atoms with E-state index >= 15 is 0 Å². The Morgan fingerprint density at radius 1 is 1.23 bits per heavy atom. The summed E-state index contributed by atoms with van der Waals surface area (Å²) in [6.07, 6.45) is 3.78. The Balaban J connectivity index is 0.00000338. The van der Waals surface area contributed by atoms with Crippen molar-refractivity contribution in [3.05, 3.63) is 33.1 Å². The van der Waals surface area contributed by atoms with Crippen LogP contribution in [0.3, 0.4) is 0 Å². The minimum absolute atomic E-state index is 0. The highest BCUT2D eigenvalue weighted by Crippen LogP contribution is 2.20. The van der Waals surface area contributed by atoms with Gasteiger partial charge in [0.25, 0.3) is 0 Å². The van der Waals surface area contributed by atoms with Crippen molar-refractivity contribution < 1.29 is 8.42 Å². The van der Waals surface area contributed by atoms with Crippen LogP contribution in [0.15, 0.2) is 27.5 Å². The molecule has 0 fully saturated rings. The number of aromatic nitrogens is 1. The number of nitrogens with zero attached hydrogens (tertiary/aromatic N) is 2. The maximum absolute atomic E-state index is 11.3. The molecule has 0 amide bonds. The summed E-state index contributed by atoms with van der Waals surface area (Å²) in [4.78, 5) is 11.0. The second-order valence-electron chi connectivity index (χ2n) is 5.21. The number of aliphatic imine (C=N–C) groups is 1. The van der Waals surface area contributed by atoms with Crippen molar-refractivity contribution in [2.45, 2.75) is 37.4 Å². The topological polar surface area (TPSA) is 109 Å². The number of guanidine groups is 1. The lowest BCUT2D eigenvalue weighted by atomic mass is 10.4. The second kappa shape index (κ2) is 11.2. The van der Waals surface area contributed by atoms with E-state index in [4.69, 9.17) is 5.14 Å². The van der Waals surface area contributed by atoms with E-state index in [-0.39, 0.29) is 28.2 Å². The zero-order valence-electron chi connectivity index (χ0n) is 14.7. The molecule has 0 radical (unpaired) electrons. The number of thiophene rings is 1. The Labute approximate surface area is 179 Å². The average molecular weight is 529 g/mol. The molecular formula is C15H24IN5O2S3. The first-order chi connectivity index (χ1) is 11.9. The fraction of sp³-hybridized carbons (Fsp3) is 0.467. The van der Waals surface area contributed by atoms with Crippen molar-refractivity contribution >= 4 is 62.6 Å². The van der Waals surface area contributed by atoms with E-state index in [0.29, 0.717) is 12.5 Å². The third kappa shape index (κ3) is 7.47. The molecule has 26 heavy (non-hydrogen) atoms. The van der Waals surface area contributed by atoms with Crippen LogP contribution in [-0.2, 0) is 29.4 Å². The molecule has 2 aromatic heterocycles. The van der Waals surface area contributed by atoms with Crippen LogP contribution < -0.4 is 15.8 Å². The highest BCUT2D eigenvalue weighted by molar-refractivity contribution is 14.0. The van der Waals surface area contributed by atoms with Crippen molar-refractivity contribution in [2.75, 3.05) is 13.1 Å². The predicted molar refractivity (Wildman–Crippen MR) is 119 cm³/mol. The van der Waals surface area contributed by atoms with Crippen LogP contribution in [0.2, 0.25) is 0 Å². The summed E-state index contributed by atoms with van der Waals surface area (Å²) < 4.78 is 22.8. The molecule has 0 aromatic carbocycles. The van der Waals surface area contributed by atoms with Gasteiger partial charge in [-0.2, -0.15) is 0 Å². The molecule has 2 rings (SSSR count). The van der Waals surface area contributed by atoms with Crippen LogP contribution in [0.4, 0.5) is 0 Å². The number of primary sulfonamides is 1. The van der Waals surface area contributed by atoms with Gasteiger partial charge in [0.1, 0.15) is 4.21 Å². The summed E-state index contributed by atoms with van der Waals surface area (Å²) in [5.41, 5.74) is 0. The molecular weight excluding hydrogens is 505 g/mol. The molecule has 0 atom stereocenters.